The highest BCUT2D eigenvalue weighted by molar-refractivity contribution is 8.23. The van der Waals surface area contributed by atoms with Crippen LogP contribution in [-0.2, 0) is 10.5 Å². The molecule has 1 saturated heterocycles. The van der Waals surface area contributed by atoms with Gasteiger partial charge in [0.2, 0.25) is 0 Å². The molecule has 8 heteroatoms. The number of rotatable bonds is 3. The highest BCUT2D eigenvalue weighted by atomic mass is 32.3. The molecule has 0 unspecified atom stereocenters. The molecule has 7 nitrogen and oxygen atoms in total. The van der Waals surface area contributed by atoms with Crippen molar-refractivity contribution in [3.05, 3.63) is 65.4 Å². The second-order valence-electron chi connectivity index (χ2n) is 8.51. The number of morpholine rings is 1. The van der Waals surface area contributed by atoms with Crippen molar-refractivity contribution < 1.29 is 18.6 Å². The Morgan fingerprint density at radius 3 is 2.50 bits per heavy atom. The Morgan fingerprint density at radius 1 is 1.06 bits per heavy atom. The van der Waals surface area contributed by atoms with Crippen LogP contribution in [0.3, 0.4) is 0 Å². The number of hydrogen-bond acceptors (Lipinski definition) is 5. The van der Waals surface area contributed by atoms with Crippen LogP contribution in [0.4, 0.5) is 0 Å². The average molecular weight is 454 g/mol. The zero-order valence-electron chi connectivity index (χ0n) is 18.2. The van der Waals surface area contributed by atoms with Gasteiger partial charge in [-0.1, -0.05) is 50.2 Å². The molecule has 5 rings (SSSR count). The maximum Gasteiger partial charge on any atom is 0.274 e. The molecule has 0 radical (unpaired) electrons. The number of fused-ring (bicyclic) bond motifs is 3. The van der Waals surface area contributed by atoms with Crippen molar-refractivity contribution in [2.24, 2.45) is 0 Å². The van der Waals surface area contributed by atoms with Crippen molar-refractivity contribution in [3.63, 3.8) is 0 Å². The largest absolute Gasteiger partial charge is 0.378 e. The minimum Gasteiger partial charge on any atom is -0.378 e. The van der Waals surface area contributed by atoms with E-state index >= 15 is 0 Å². The van der Waals surface area contributed by atoms with E-state index < -0.39 is 10.6 Å². The summed E-state index contributed by atoms with van der Waals surface area (Å²) in [7, 11) is -3.09. The van der Waals surface area contributed by atoms with E-state index in [1.807, 2.05) is 35.0 Å². The van der Waals surface area contributed by atoms with Crippen molar-refractivity contribution >= 4 is 16.5 Å². The molecule has 1 fully saturated rings. The highest BCUT2D eigenvalue weighted by Gasteiger charge is 2.37. The first-order valence-electron chi connectivity index (χ1n) is 10.8. The standard InChI is InChI=1S/C24H27N3O4S/c1-16(2)17-7-3-5-9-20(17)27-23-18-8-4-6-10-21(18)32(29,30)15-19(23)22(25-27)24(28)26-11-13-31-14-12-26/h3-10,16,29-30H,11-15H2,1-2H3. The second kappa shape index (κ2) is 8.04. The lowest BCUT2D eigenvalue weighted by Crippen LogP contribution is -2.41. The maximum absolute atomic E-state index is 13.5. The fourth-order valence-electron chi connectivity index (χ4n) is 4.52. The SMILES string of the molecule is CC(C)c1ccccc1-n1nc(C(=O)N2CCOCC2)c2c1-c1ccccc1S(O)(O)C2. The fraction of sp³-hybridized carbons (Fsp3) is 0.333. The zero-order chi connectivity index (χ0) is 22.5. The molecular formula is C24H27N3O4S. The molecule has 1 amide bonds. The molecule has 0 atom stereocenters. The van der Waals surface area contributed by atoms with Crippen LogP contribution in [0, 0.1) is 0 Å². The van der Waals surface area contributed by atoms with Gasteiger partial charge < -0.3 is 9.64 Å². The van der Waals surface area contributed by atoms with Gasteiger partial charge in [0.15, 0.2) is 5.69 Å². The van der Waals surface area contributed by atoms with E-state index in [1.165, 1.54) is 0 Å². The van der Waals surface area contributed by atoms with E-state index in [2.05, 4.69) is 19.9 Å². The Balaban J connectivity index is 1.77. The van der Waals surface area contributed by atoms with Crippen LogP contribution in [-0.4, -0.2) is 56.0 Å². The van der Waals surface area contributed by atoms with Crippen molar-refractivity contribution in [3.8, 4) is 16.9 Å². The highest BCUT2D eigenvalue weighted by Crippen LogP contribution is 2.60. The fourth-order valence-corrected chi connectivity index (χ4v) is 6.17. The Kier molecular flexibility index (Phi) is 5.33. The van der Waals surface area contributed by atoms with Gasteiger partial charge in [0.05, 0.1) is 35.2 Å². The topological polar surface area (TPSA) is 87.8 Å². The molecule has 2 aromatic carbocycles. The van der Waals surface area contributed by atoms with Crippen molar-refractivity contribution in [2.75, 3.05) is 26.3 Å². The monoisotopic (exact) mass is 453 g/mol. The molecular weight excluding hydrogens is 426 g/mol. The van der Waals surface area contributed by atoms with E-state index in [9.17, 15) is 13.9 Å². The van der Waals surface area contributed by atoms with Crippen LogP contribution >= 0.6 is 10.6 Å². The number of benzene rings is 2. The number of amides is 1. The zero-order valence-corrected chi connectivity index (χ0v) is 19.0. The second-order valence-corrected chi connectivity index (χ2v) is 10.6. The summed E-state index contributed by atoms with van der Waals surface area (Å²) in [6, 6.07) is 15.3. The lowest BCUT2D eigenvalue weighted by atomic mass is 10.00. The maximum atomic E-state index is 13.5. The third-order valence-corrected chi connectivity index (χ3v) is 7.86. The normalized spacial score (nSPS) is 18.2. The number of carbonyl (C=O) groups is 1. The van der Waals surface area contributed by atoms with Gasteiger partial charge >= 0.3 is 0 Å². The summed E-state index contributed by atoms with van der Waals surface area (Å²) in [5.41, 5.74) is 4.36. The molecule has 3 heterocycles. The van der Waals surface area contributed by atoms with Gasteiger partial charge in [0, 0.05) is 24.2 Å². The Bertz CT molecular complexity index is 1180. The lowest BCUT2D eigenvalue weighted by molar-refractivity contribution is 0.0298. The number of carbonyl (C=O) groups excluding carboxylic acids is 1. The van der Waals surface area contributed by atoms with Gasteiger partial charge in [0.1, 0.15) is 0 Å². The van der Waals surface area contributed by atoms with Gasteiger partial charge in [-0.15, -0.1) is 0 Å². The molecule has 0 aliphatic carbocycles. The van der Waals surface area contributed by atoms with Gasteiger partial charge in [-0.3, -0.25) is 13.9 Å². The van der Waals surface area contributed by atoms with Crippen molar-refractivity contribution in [2.45, 2.75) is 30.4 Å². The molecule has 2 aliphatic heterocycles. The molecule has 3 aromatic rings. The molecule has 2 aliphatic rings. The summed E-state index contributed by atoms with van der Waals surface area (Å²) in [6.07, 6.45) is 0. The van der Waals surface area contributed by atoms with Crippen LogP contribution < -0.4 is 0 Å². The summed E-state index contributed by atoms with van der Waals surface area (Å²) in [5, 5.41) is 4.82. The number of ether oxygens (including phenoxy) is 1. The molecule has 32 heavy (non-hydrogen) atoms. The third-order valence-electron chi connectivity index (χ3n) is 6.11. The Hall–Kier alpha value is -2.65. The molecule has 168 valence electrons. The number of para-hydroxylation sites is 1. The van der Waals surface area contributed by atoms with Crippen LogP contribution in [0.1, 0.15) is 41.4 Å². The minimum absolute atomic E-state index is 0.0192. The van der Waals surface area contributed by atoms with E-state index in [0.717, 1.165) is 16.9 Å². The average Bonchev–Trinajstić information content (AvgIpc) is 3.17. The smallest absolute Gasteiger partial charge is 0.274 e. The number of nitrogens with zero attached hydrogens (tertiary/aromatic N) is 3. The predicted molar refractivity (Wildman–Crippen MR) is 125 cm³/mol. The molecule has 2 N–H and O–H groups in total. The van der Waals surface area contributed by atoms with Gasteiger partial charge in [-0.2, -0.15) is 15.7 Å². The summed E-state index contributed by atoms with van der Waals surface area (Å²) in [5.74, 6) is 0.0396. The van der Waals surface area contributed by atoms with Crippen LogP contribution in [0.15, 0.2) is 53.4 Å². The Morgan fingerprint density at radius 2 is 1.75 bits per heavy atom. The molecule has 0 saturated carbocycles. The van der Waals surface area contributed by atoms with Crippen LogP contribution in [0.2, 0.25) is 0 Å². The number of aromatic nitrogens is 2. The van der Waals surface area contributed by atoms with Gasteiger partial charge in [-0.25, -0.2) is 4.68 Å². The van der Waals surface area contributed by atoms with Gasteiger partial charge in [-0.05, 0) is 23.6 Å². The predicted octanol–water partition coefficient (Wildman–Crippen LogP) is 4.76. The minimum atomic E-state index is -3.09. The van der Waals surface area contributed by atoms with Crippen LogP contribution in [0.25, 0.3) is 16.9 Å². The van der Waals surface area contributed by atoms with Crippen molar-refractivity contribution in [1.82, 2.24) is 14.7 Å². The first-order valence-corrected chi connectivity index (χ1v) is 12.5. The van der Waals surface area contributed by atoms with E-state index in [1.54, 1.807) is 17.0 Å². The molecule has 0 spiro atoms. The molecule has 1 aromatic heterocycles. The first-order chi connectivity index (χ1) is 15.4. The van der Waals surface area contributed by atoms with E-state index in [0.29, 0.717) is 42.3 Å². The van der Waals surface area contributed by atoms with Crippen molar-refractivity contribution in [1.29, 1.82) is 0 Å². The van der Waals surface area contributed by atoms with Gasteiger partial charge in [0.25, 0.3) is 5.91 Å². The summed E-state index contributed by atoms with van der Waals surface area (Å²) >= 11 is 0. The summed E-state index contributed by atoms with van der Waals surface area (Å²) < 4.78 is 29.2. The third kappa shape index (κ3) is 3.44. The number of hydrogen-bond donors (Lipinski definition) is 2. The van der Waals surface area contributed by atoms with Crippen LogP contribution in [0.5, 0.6) is 0 Å². The molecule has 0 bridgehead atoms. The van der Waals surface area contributed by atoms with E-state index in [-0.39, 0.29) is 23.3 Å². The summed E-state index contributed by atoms with van der Waals surface area (Å²) in [4.78, 5) is 15.7. The quantitative estimate of drug-likeness (QED) is 0.597. The Labute approximate surface area is 189 Å². The van der Waals surface area contributed by atoms with E-state index in [4.69, 9.17) is 9.84 Å². The lowest BCUT2D eigenvalue weighted by Gasteiger charge is -2.38. The summed E-state index contributed by atoms with van der Waals surface area (Å²) in [6.45, 7) is 6.22. The first kappa shape index (κ1) is 21.2.